The number of hydrogen-bond acceptors (Lipinski definition) is 5. The fourth-order valence-electron chi connectivity index (χ4n) is 4.01. The van der Waals surface area contributed by atoms with Crippen LogP contribution in [-0.2, 0) is 20.7 Å². The zero-order valence-electron chi connectivity index (χ0n) is 15.9. The van der Waals surface area contributed by atoms with E-state index < -0.39 is 0 Å². The number of hydrogen-bond donors (Lipinski definition) is 0. The van der Waals surface area contributed by atoms with Crippen molar-refractivity contribution < 1.29 is 19.1 Å². The summed E-state index contributed by atoms with van der Waals surface area (Å²) in [7, 11) is 0. The third-order valence-corrected chi connectivity index (χ3v) is 5.92. The van der Waals surface area contributed by atoms with Crippen molar-refractivity contribution in [2.24, 2.45) is 5.92 Å². The van der Waals surface area contributed by atoms with Crippen molar-refractivity contribution in [3.63, 3.8) is 0 Å². The molecule has 0 bridgehead atoms. The number of ether oxygens (including phenoxy) is 2. The van der Waals surface area contributed by atoms with Crippen LogP contribution in [0.1, 0.15) is 5.56 Å². The molecule has 0 N–H and O–H groups in total. The molecular formula is C20H26ClN3O4. The molecule has 0 aliphatic carbocycles. The van der Waals surface area contributed by atoms with Gasteiger partial charge >= 0.3 is 0 Å². The van der Waals surface area contributed by atoms with E-state index >= 15 is 0 Å². The SMILES string of the molecule is O=C(CN1CCOCC1)N1CCN(C(=O)C2COc3ccc(Cl)cc3C2)CC1. The second-order valence-corrected chi connectivity index (χ2v) is 8.00. The van der Waals surface area contributed by atoms with E-state index in [4.69, 9.17) is 21.1 Å². The molecular weight excluding hydrogens is 382 g/mol. The Balaban J connectivity index is 1.27. The highest BCUT2D eigenvalue weighted by molar-refractivity contribution is 6.30. The van der Waals surface area contributed by atoms with Crippen molar-refractivity contribution in [3.8, 4) is 5.75 Å². The number of halogens is 1. The summed E-state index contributed by atoms with van der Waals surface area (Å²) in [6.45, 7) is 6.14. The summed E-state index contributed by atoms with van der Waals surface area (Å²) in [6, 6.07) is 5.53. The number of rotatable bonds is 3. The minimum Gasteiger partial charge on any atom is -0.492 e. The quantitative estimate of drug-likeness (QED) is 0.744. The number of piperazine rings is 1. The molecule has 1 aromatic rings. The van der Waals surface area contributed by atoms with Crippen molar-refractivity contribution in [3.05, 3.63) is 28.8 Å². The third-order valence-electron chi connectivity index (χ3n) is 5.68. The Labute approximate surface area is 170 Å². The maximum atomic E-state index is 12.9. The molecule has 2 fully saturated rings. The van der Waals surface area contributed by atoms with E-state index in [1.165, 1.54) is 0 Å². The van der Waals surface area contributed by atoms with Gasteiger partial charge in [-0.25, -0.2) is 0 Å². The monoisotopic (exact) mass is 407 g/mol. The van der Waals surface area contributed by atoms with Gasteiger partial charge in [0.15, 0.2) is 0 Å². The van der Waals surface area contributed by atoms with Crippen LogP contribution < -0.4 is 4.74 Å². The fraction of sp³-hybridized carbons (Fsp3) is 0.600. The Hall–Kier alpha value is -1.83. The first kappa shape index (κ1) is 19.5. The van der Waals surface area contributed by atoms with E-state index in [1.807, 2.05) is 21.9 Å². The first-order chi connectivity index (χ1) is 13.6. The van der Waals surface area contributed by atoms with Crippen molar-refractivity contribution in [2.45, 2.75) is 6.42 Å². The lowest BCUT2D eigenvalue weighted by molar-refractivity contribution is -0.143. The smallest absolute Gasteiger partial charge is 0.236 e. The summed E-state index contributed by atoms with van der Waals surface area (Å²) < 4.78 is 11.1. The van der Waals surface area contributed by atoms with E-state index in [0.29, 0.717) is 64.0 Å². The van der Waals surface area contributed by atoms with Gasteiger partial charge in [-0.3, -0.25) is 14.5 Å². The van der Waals surface area contributed by atoms with Crippen LogP contribution in [0.25, 0.3) is 0 Å². The van der Waals surface area contributed by atoms with Crippen LogP contribution in [0.5, 0.6) is 5.75 Å². The molecule has 3 aliphatic heterocycles. The van der Waals surface area contributed by atoms with Crippen LogP contribution in [0, 0.1) is 5.92 Å². The average Bonchev–Trinajstić information content (AvgIpc) is 2.73. The molecule has 3 aliphatic rings. The first-order valence-corrected chi connectivity index (χ1v) is 10.3. The number of fused-ring (bicyclic) bond motifs is 1. The second kappa shape index (κ2) is 8.68. The first-order valence-electron chi connectivity index (χ1n) is 9.88. The second-order valence-electron chi connectivity index (χ2n) is 7.56. The summed E-state index contributed by atoms with van der Waals surface area (Å²) in [5.41, 5.74) is 0.983. The molecule has 8 heteroatoms. The van der Waals surface area contributed by atoms with Gasteiger partial charge < -0.3 is 19.3 Å². The van der Waals surface area contributed by atoms with Crippen molar-refractivity contribution in [1.82, 2.24) is 14.7 Å². The number of amides is 2. The van der Waals surface area contributed by atoms with Crippen LogP contribution in [0.15, 0.2) is 18.2 Å². The molecule has 0 aromatic heterocycles. The molecule has 28 heavy (non-hydrogen) atoms. The largest absolute Gasteiger partial charge is 0.492 e. The third kappa shape index (κ3) is 4.42. The van der Waals surface area contributed by atoms with Crippen LogP contribution >= 0.6 is 11.6 Å². The number of benzene rings is 1. The zero-order valence-corrected chi connectivity index (χ0v) is 16.7. The van der Waals surface area contributed by atoms with Crippen molar-refractivity contribution in [1.29, 1.82) is 0 Å². The molecule has 152 valence electrons. The molecule has 7 nitrogen and oxygen atoms in total. The average molecular weight is 408 g/mol. The van der Waals surface area contributed by atoms with Crippen LogP contribution in [0.3, 0.4) is 0 Å². The maximum absolute atomic E-state index is 12.9. The summed E-state index contributed by atoms with van der Waals surface area (Å²) in [5.74, 6) is 0.859. The molecule has 4 rings (SSSR count). The standard InChI is InChI=1S/C20H26ClN3O4/c21-17-1-2-18-15(12-17)11-16(14-28-18)20(26)24-5-3-23(4-6-24)19(25)13-22-7-9-27-10-8-22/h1-2,12,16H,3-11,13-14H2. The molecule has 1 atom stereocenters. The van der Waals surface area contributed by atoms with Gasteiger partial charge in [0.05, 0.1) is 25.7 Å². The fourth-order valence-corrected chi connectivity index (χ4v) is 4.20. The van der Waals surface area contributed by atoms with Crippen LogP contribution in [0.4, 0.5) is 0 Å². The van der Waals surface area contributed by atoms with Crippen LogP contribution in [-0.4, -0.2) is 92.1 Å². The number of carbonyl (C=O) groups excluding carboxylic acids is 2. The molecule has 3 heterocycles. The Morgan fingerprint density at radius 2 is 1.75 bits per heavy atom. The Kier molecular flexibility index (Phi) is 6.04. The summed E-state index contributed by atoms with van der Waals surface area (Å²) in [6.07, 6.45) is 0.644. The molecule has 2 saturated heterocycles. The molecule has 1 unspecified atom stereocenters. The van der Waals surface area contributed by atoms with Gasteiger partial charge in [-0.1, -0.05) is 11.6 Å². The lowest BCUT2D eigenvalue weighted by Gasteiger charge is -2.38. The van der Waals surface area contributed by atoms with Crippen molar-refractivity contribution in [2.75, 3.05) is 65.6 Å². The lowest BCUT2D eigenvalue weighted by atomic mass is 9.95. The molecule has 0 spiro atoms. The summed E-state index contributed by atoms with van der Waals surface area (Å²) in [5, 5.41) is 0.655. The molecule has 0 saturated carbocycles. The summed E-state index contributed by atoms with van der Waals surface area (Å²) >= 11 is 6.07. The van der Waals surface area contributed by atoms with Gasteiger partial charge in [-0.05, 0) is 30.2 Å². The number of morpholine rings is 1. The Morgan fingerprint density at radius 1 is 1.04 bits per heavy atom. The van der Waals surface area contributed by atoms with E-state index in [2.05, 4.69) is 4.90 Å². The van der Waals surface area contributed by atoms with Gasteiger partial charge in [0, 0.05) is 44.3 Å². The Morgan fingerprint density at radius 3 is 2.50 bits per heavy atom. The Bertz CT molecular complexity index is 730. The van der Waals surface area contributed by atoms with Gasteiger partial charge in [-0.2, -0.15) is 0 Å². The highest BCUT2D eigenvalue weighted by atomic mass is 35.5. The maximum Gasteiger partial charge on any atom is 0.236 e. The summed E-state index contributed by atoms with van der Waals surface area (Å²) in [4.78, 5) is 31.3. The highest BCUT2D eigenvalue weighted by Gasteiger charge is 2.32. The van der Waals surface area contributed by atoms with Gasteiger partial charge in [0.1, 0.15) is 12.4 Å². The van der Waals surface area contributed by atoms with Gasteiger partial charge in [-0.15, -0.1) is 0 Å². The predicted octanol–water partition coefficient (Wildman–Crippen LogP) is 0.894. The predicted molar refractivity (Wildman–Crippen MR) is 105 cm³/mol. The van der Waals surface area contributed by atoms with E-state index in [-0.39, 0.29) is 17.7 Å². The minimum atomic E-state index is -0.193. The van der Waals surface area contributed by atoms with Crippen LogP contribution in [0.2, 0.25) is 5.02 Å². The van der Waals surface area contributed by atoms with Crippen molar-refractivity contribution >= 4 is 23.4 Å². The van der Waals surface area contributed by atoms with Gasteiger partial charge in [0.2, 0.25) is 11.8 Å². The normalized spacial score (nSPS) is 23.1. The van der Waals surface area contributed by atoms with E-state index in [9.17, 15) is 9.59 Å². The molecule has 0 radical (unpaired) electrons. The number of nitrogens with zero attached hydrogens (tertiary/aromatic N) is 3. The zero-order chi connectivity index (χ0) is 19.5. The van der Waals surface area contributed by atoms with Gasteiger partial charge in [0.25, 0.3) is 0 Å². The minimum absolute atomic E-state index is 0.103. The van der Waals surface area contributed by atoms with E-state index in [0.717, 1.165) is 24.4 Å². The molecule has 2 amide bonds. The number of carbonyl (C=O) groups is 2. The highest BCUT2D eigenvalue weighted by Crippen LogP contribution is 2.30. The molecule has 1 aromatic carbocycles. The lowest BCUT2D eigenvalue weighted by Crippen LogP contribution is -2.55. The van der Waals surface area contributed by atoms with E-state index in [1.54, 1.807) is 6.07 Å². The topological polar surface area (TPSA) is 62.3 Å².